The maximum Gasteiger partial charge on any atom is 0.231 e. The smallest absolute Gasteiger partial charge is 0.231 e. The van der Waals surface area contributed by atoms with Gasteiger partial charge in [0.25, 0.3) is 0 Å². The second-order valence-electron chi connectivity index (χ2n) is 5.68. The largest absolute Gasteiger partial charge is 0.492 e. The summed E-state index contributed by atoms with van der Waals surface area (Å²) in [5.74, 6) is 2.48. The summed E-state index contributed by atoms with van der Waals surface area (Å²) in [5, 5.41) is 3.36. The van der Waals surface area contributed by atoms with Crippen LogP contribution >= 0.6 is 0 Å². The molecule has 0 bridgehead atoms. The summed E-state index contributed by atoms with van der Waals surface area (Å²) in [6.45, 7) is 2.44. The summed E-state index contributed by atoms with van der Waals surface area (Å²) in [6, 6.07) is 13.9. The Hall–Kier alpha value is -2.99. The van der Waals surface area contributed by atoms with Gasteiger partial charge in [0.2, 0.25) is 6.79 Å². The minimum absolute atomic E-state index is 0.305. The van der Waals surface area contributed by atoms with E-state index in [9.17, 15) is 0 Å². The predicted molar refractivity (Wildman–Crippen MR) is 93.3 cm³/mol. The number of fused-ring (bicyclic) bond motifs is 1. The topological polar surface area (TPSA) is 57.5 Å². The third-order valence-electron chi connectivity index (χ3n) is 3.95. The molecule has 128 valence electrons. The van der Waals surface area contributed by atoms with Gasteiger partial charge in [-0.25, -0.2) is 4.98 Å². The van der Waals surface area contributed by atoms with E-state index in [-0.39, 0.29) is 0 Å². The van der Waals surface area contributed by atoms with Crippen molar-refractivity contribution in [3.63, 3.8) is 0 Å². The number of aromatic nitrogens is 2. The molecule has 1 aliphatic rings. The Morgan fingerprint density at radius 2 is 1.96 bits per heavy atom. The first kappa shape index (κ1) is 15.5. The summed E-state index contributed by atoms with van der Waals surface area (Å²) in [5.41, 5.74) is 2.22. The fourth-order valence-corrected chi connectivity index (χ4v) is 2.65. The van der Waals surface area contributed by atoms with Crippen molar-refractivity contribution < 1.29 is 14.2 Å². The average Bonchev–Trinajstić information content (AvgIpc) is 3.33. The van der Waals surface area contributed by atoms with Crippen LogP contribution in [0.5, 0.6) is 17.2 Å². The molecule has 25 heavy (non-hydrogen) atoms. The van der Waals surface area contributed by atoms with E-state index in [1.807, 2.05) is 53.2 Å². The van der Waals surface area contributed by atoms with Crippen molar-refractivity contribution in [1.29, 1.82) is 0 Å². The maximum atomic E-state index is 5.76. The summed E-state index contributed by atoms with van der Waals surface area (Å²) in [7, 11) is 0. The fraction of sp³-hybridized carbons (Fsp3) is 0.211. The number of benzene rings is 2. The first-order chi connectivity index (χ1) is 12.4. The van der Waals surface area contributed by atoms with E-state index in [2.05, 4.69) is 10.3 Å². The van der Waals surface area contributed by atoms with Gasteiger partial charge in [-0.3, -0.25) is 0 Å². The second-order valence-corrected chi connectivity index (χ2v) is 5.68. The van der Waals surface area contributed by atoms with Gasteiger partial charge < -0.3 is 24.1 Å². The quantitative estimate of drug-likeness (QED) is 0.672. The molecule has 0 fully saturated rings. The zero-order valence-corrected chi connectivity index (χ0v) is 13.7. The first-order valence-corrected chi connectivity index (χ1v) is 8.19. The minimum atomic E-state index is 0.305. The molecule has 0 amide bonds. The fourth-order valence-electron chi connectivity index (χ4n) is 2.65. The molecule has 0 saturated heterocycles. The Morgan fingerprint density at radius 1 is 1.08 bits per heavy atom. The standard InChI is InChI=1S/C19H19N3O3/c1-6-18-19(25-14-24-18)11-15(1)12-20-8-10-23-17-4-2-16(3-5-17)22-9-7-21-13-22/h1-7,9,11,13,20H,8,10,12,14H2. The Balaban J connectivity index is 1.20. The van der Waals surface area contributed by atoms with Gasteiger partial charge in [-0.05, 0) is 42.0 Å². The summed E-state index contributed by atoms with van der Waals surface area (Å²) >= 11 is 0. The van der Waals surface area contributed by atoms with Gasteiger partial charge in [0, 0.05) is 31.2 Å². The van der Waals surface area contributed by atoms with E-state index < -0.39 is 0 Å². The second kappa shape index (κ2) is 7.27. The van der Waals surface area contributed by atoms with E-state index >= 15 is 0 Å². The average molecular weight is 337 g/mol. The van der Waals surface area contributed by atoms with Crippen LogP contribution in [0, 0.1) is 0 Å². The van der Waals surface area contributed by atoms with Crippen molar-refractivity contribution in [3.05, 3.63) is 66.7 Å². The van der Waals surface area contributed by atoms with Crippen LogP contribution in [0.1, 0.15) is 5.56 Å². The molecule has 1 N–H and O–H groups in total. The molecule has 4 rings (SSSR count). The zero-order valence-electron chi connectivity index (χ0n) is 13.7. The molecule has 1 aliphatic heterocycles. The molecular formula is C19H19N3O3. The number of rotatable bonds is 7. The normalized spacial score (nSPS) is 12.3. The van der Waals surface area contributed by atoms with Crippen molar-refractivity contribution >= 4 is 0 Å². The van der Waals surface area contributed by atoms with Gasteiger partial charge in [0.05, 0.1) is 6.33 Å². The third kappa shape index (κ3) is 3.75. The van der Waals surface area contributed by atoms with Crippen LogP contribution < -0.4 is 19.5 Å². The molecular weight excluding hydrogens is 318 g/mol. The van der Waals surface area contributed by atoms with Gasteiger partial charge in [-0.2, -0.15) is 0 Å². The molecule has 0 saturated carbocycles. The lowest BCUT2D eigenvalue weighted by Gasteiger charge is -2.09. The highest BCUT2D eigenvalue weighted by Crippen LogP contribution is 2.32. The number of hydrogen-bond acceptors (Lipinski definition) is 5. The molecule has 2 heterocycles. The Bertz CT molecular complexity index is 816. The van der Waals surface area contributed by atoms with E-state index in [0.717, 1.165) is 41.6 Å². The van der Waals surface area contributed by atoms with Crippen molar-refractivity contribution in [2.45, 2.75) is 6.54 Å². The van der Waals surface area contributed by atoms with E-state index in [4.69, 9.17) is 14.2 Å². The van der Waals surface area contributed by atoms with E-state index in [0.29, 0.717) is 13.4 Å². The summed E-state index contributed by atoms with van der Waals surface area (Å²) in [4.78, 5) is 4.04. The van der Waals surface area contributed by atoms with Crippen molar-refractivity contribution in [2.75, 3.05) is 19.9 Å². The lowest BCUT2D eigenvalue weighted by molar-refractivity contribution is 0.174. The number of hydrogen-bond donors (Lipinski definition) is 1. The van der Waals surface area contributed by atoms with Crippen LogP contribution in [0.4, 0.5) is 0 Å². The van der Waals surface area contributed by atoms with Gasteiger partial charge in [0.1, 0.15) is 12.4 Å². The zero-order chi connectivity index (χ0) is 16.9. The third-order valence-corrected chi connectivity index (χ3v) is 3.95. The maximum absolute atomic E-state index is 5.76. The highest BCUT2D eigenvalue weighted by atomic mass is 16.7. The van der Waals surface area contributed by atoms with Gasteiger partial charge in [-0.15, -0.1) is 0 Å². The van der Waals surface area contributed by atoms with Crippen LogP contribution in [0.2, 0.25) is 0 Å². The van der Waals surface area contributed by atoms with Gasteiger partial charge >= 0.3 is 0 Å². The molecule has 6 heteroatoms. The molecule has 0 aliphatic carbocycles. The monoisotopic (exact) mass is 337 g/mol. The number of nitrogens with zero attached hydrogens (tertiary/aromatic N) is 2. The Labute approximate surface area is 146 Å². The van der Waals surface area contributed by atoms with Crippen LogP contribution in [0.25, 0.3) is 5.69 Å². The Kier molecular flexibility index (Phi) is 4.52. The number of imidazole rings is 1. The molecule has 2 aromatic carbocycles. The highest BCUT2D eigenvalue weighted by molar-refractivity contribution is 5.44. The molecule has 0 atom stereocenters. The van der Waals surface area contributed by atoms with Crippen LogP contribution in [0.3, 0.4) is 0 Å². The van der Waals surface area contributed by atoms with E-state index in [1.165, 1.54) is 0 Å². The van der Waals surface area contributed by atoms with Crippen molar-refractivity contribution in [3.8, 4) is 22.9 Å². The Morgan fingerprint density at radius 3 is 2.80 bits per heavy atom. The van der Waals surface area contributed by atoms with Crippen LogP contribution in [-0.2, 0) is 6.54 Å². The summed E-state index contributed by atoms with van der Waals surface area (Å²) < 4.78 is 18.4. The summed E-state index contributed by atoms with van der Waals surface area (Å²) in [6.07, 6.45) is 5.45. The van der Waals surface area contributed by atoms with Crippen molar-refractivity contribution in [2.24, 2.45) is 0 Å². The highest BCUT2D eigenvalue weighted by Gasteiger charge is 2.12. The van der Waals surface area contributed by atoms with Crippen LogP contribution in [0.15, 0.2) is 61.2 Å². The molecule has 3 aromatic rings. The number of ether oxygens (including phenoxy) is 3. The van der Waals surface area contributed by atoms with Gasteiger partial charge in [-0.1, -0.05) is 6.07 Å². The lowest BCUT2D eigenvalue weighted by Crippen LogP contribution is -2.20. The molecule has 0 spiro atoms. The van der Waals surface area contributed by atoms with Gasteiger partial charge in [0.15, 0.2) is 11.5 Å². The molecule has 0 radical (unpaired) electrons. The van der Waals surface area contributed by atoms with Crippen molar-refractivity contribution in [1.82, 2.24) is 14.9 Å². The number of nitrogens with one attached hydrogen (secondary N) is 1. The molecule has 1 aromatic heterocycles. The first-order valence-electron chi connectivity index (χ1n) is 8.19. The van der Waals surface area contributed by atoms with Crippen LogP contribution in [-0.4, -0.2) is 29.5 Å². The molecule has 0 unspecified atom stereocenters. The lowest BCUT2D eigenvalue weighted by atomic mass is 10.2. The SMILES string of the molecule is c1cn(-c2ccc(OCCNCc3ccc4c(c3)OCO4)cc2)cn1. The minimum Gasteiger partial charge on any atom is -0.492 e. The predicted octanol–water partition coefficient (Wildman–Crippen LogP) is 2.77. The molecule has 6 nitrogen and oxygen atoms in total. The van der Waals surface area contributed by atoms with E-state index in [1.54, 1.807) is 12.5 Å².